The lowest BCUT2D eigenvalue weighted by Gasteiger charge is -2.16. The largest absolute Gasteiger partial charge is 0.353 e. The van der Waals surface area contributed by atoms with Gasteiger partial charge in [0.15, 0.2) is 0 Å². The number of aromatic nitrogens is 2. The highest BCUT2D eigenvalue weighted by Crippen LogP contribution is 2.33. The van der Waals surface area contributed by atoms with Crippen molar-refractivity contribution in [1.29, 1.82) is 0 Å². The number of nitrogens with one attached hydrogen (secondary N) is 1. The Morgan fingerprint density at radius 3 is 2.76 bits per heavy atom. The van der Waals surface area contributed by atoms with Crippen molar-refractivity contribution in [3.05, 3.63) is 39.3 Å². The number of nitrogens with zero attached hydrogens (tertiary/aromatic N) is 2. The maximum Gasteiger partial charge on any atom is 0.208 e. The molecule has 2 aromatic rings. The summed E-state index contributed by atoms with van der Waals surface area (Å²) in [7, 11) is 0. The smallest absolute Gasteiger partial charge is 0.208 e. The number of aryl methyl sites for hydroxylation is 1. The predicted octanol–water partition coefficient (Wildman–Crippen LogP) is 5.09. The second-order valence-electron chi connectivity index (χ2n) is 5.42. The molecule has 0 atom stereocenters. The van der Waals surface area contributed by atoms with Crippen LogP contribution in [0.15, 0.2) is 22.8 Å². The van der Waals surface area contributed by atoms with E-state index in [4.69, 9.17) is 11.6 Å². The van der Waals surface area contributed by atoms with Crippen molar-refractivity contribution in [3.63, 3.8) is 0 Å². The molecule has 1 aliphatic rings. The molecule has 1 saturated carbocycles. The highest BCUT2D eigenvalue weighted by molar-refractivity contribution is 9.10. The quantitative estimate of drug-likeness (QED) is 0.813. The van der Waals surface area contributed by atoms with Gasteiger partial charge in [-0.15, -0.1) is 0 Å². The molecule has 1 aliphatic carbocycles. The van der Waals surface area contributed by atoms with Gasteiger partial charge in [0, 0.05) is 16.7 Å². The Labute approximate surface area is 136 Å². The van der Waals surface area contributed by atoms with E-state index in [0.29, 0.717) is 21.2 Å². The van der Waals surface area contributed by atoms with E-state index in [2.05, 4.69) is 26.2 Å². The van der Waals surface area contributed by atoms with Crippen molar-refractivity contribution >= 4 is 33.5 Å². The fourth-order valence-electron chi connectivity index (χ4n) is 2.79. The van der Waals surface area contributed by atoms with E-state index in [1.54, 1.807) is 0 Å². The van der Waals surface area contributed by atoms with Crippen LogP contribution in [0.1, 0.15) is 31.4 Å². The Hall–Kier alpha value is -1.07. The van der Waals surface area contributed by atoms with Gasteiger partial charge in [-0.3, -0.25) is 4.57 Å². The Balaban J connectivity index is 2.02. The molecule has 1 aromatic heterocycles. The summed E-state index contributed by atoms with van der Waals surface area (Å²) in [5.74, 6) is 0.395. The van der Waals surface area contributed by atoms with Crippen LogP contribution in [0.4, 0.5) is 10.3 Å². The van der Waals surface area contributed by atoms with E-state index in [1.165, 1.54) is 25.0 Å². The van der Waals surface area contributed by atoms with Crippen molar-refractivity contribution in [2.24, 2.45) is 0 Å². The molecule has 0 bridgehead atoms. The Morgan fingerprint density at radius 1 is 1.38 bits per heavy atom. The van der Waals surface area contributed by atoms with Crippen molar-refractivity contribution in [2.45, 2.75) is 38.6 Å². The summed E-state index contributed by atoms with van der Waals surface area (Å²) in [6.07, 6.45) is 6.71. The lowest BCUT2D eigenvalue weighted by Crippen LogP contribution is -2.18. The fourth-order valence-corrected chi connectivity index (χ4v) is 3.82. The molecular weight excluding hydrogens is 357 g/mol. The average molecular weight is 373 g/mol. The van der Waals surface area contributed by atoms with Gasteiger partial charge in [-0.25, -0.2) is 9.37 Å². The number of anilines is 1. The predicted molar refractivity (Wildman–Crippen MR) is 86.8 cm³/mol. The van der Waals surface area contributed by atoms with E-state index in [9.17, 15) is 4.39 Å². The summed E-state index contributed by atoms with van der Waals surface area (Å²) in [5, 5.41) is 3.83. The molecule has 1 heterocycles. The van der Waals surface area contributed by atoms with E-state index in [-0.39, 0.29) is 5.82 Å². The van der Waals surface area contributed by atoms with E-state index in [0.717, 1.165) is 24.5 Å². The molecule has 3 rings (SSSR count). The van der Waals surface area contributed by atoms with Gasteiger partial charge in [-0.1, -0.05) is 24.4 Å². The minimum Gasteiger partial charge on any atom is -0.353 e. The first-order valence-electron chi connectivity index (χ1n) is 7.02. The van der Waals surface area contributed by atoms with Crippen molar-refractivity contribution in [2.75, 3.05) is 5.32 Å². The van der Waals surface area contributed by atoms with E-state index >= 15 is 0 Å². The van der Waals surface area contributed by atoms with Gasteiger partial charge in [0.2, 0.25) is 5.95 Å². The Kier molecular flexibility index (Phi) is 4.22. The van der Waals surface area contributed by atoms with Gasteiger partial charge in [-0.2, -0.15) is 0 Å². The first kappa shape index (κ1) is 14.9. The Morgan fingerprint density at radius 2 is 2.10 bits per heavy atom. The molecule has 0 spiro atoms. The topological polar surface area (TPSA) is 29.9 Å². The minimum absolute atomic E-state index is 0.355. The van der Waals surface area contributed by atoms with Crippen LogP contribution in [-0.2, 0) is 0 Å². The third kappa shape index (κ3) is 3.09. The SMILES string of the molecule is Cc1cn(-c2c(Cl)cc(F)cc2Br)c(NC2CCCC2)n1. The number of hydrogen-bond donors (Lipinski definition) is 1. The summed E-state index contributed by atoms with van der Waals surface area (Å²) < 4.78 is 15.9. The fraction of sp³-hybridized carbons (Fsp3) is 0.400. The summed E-state index contributed by atoms with van der Waals surface area (Å²) in [4.78, 5) is 4.53. The molecule has 1 fully saturated rings. The van der Waals surface area contributed by atoms with Crippen molar-refractivity contribution < 1.29 is 4.39 Å². The van der Waals surface area contributed by atoms with Crippen LogP contribution < -0.4 is 5.32 Å². The Bertz CT molecular complexity index is 642. The van der Waals surface area contributed by atoms with E-state index in [1.807, 2.05) is 17.7 Å². The molecule has 112 valence electrons. The van der Waals surface area contributed by atoms with Crippen LogP contribution in [0.2, 0.25) is 5.02 Å². The molecule has 1 aromatic carbocycles. The molecule has 0 saturated heterocycles. The standard InChI is InChI=1S/C15H16BrClFN3/c1-9-8-21(14-12(16)6-10(18)7-13(14)17)15(19-9)20-11-4-2-3-5-11/h6-8,11H,2-5H2,1H3,(H,19,20). The third-order valence-electron chi connectivity index (χ3n) is 3.74. The minimum atomic E-state index is -0.363. The molecule has 0 radical (unpaired) electrons. The van der Waals surface area contributed by atoms with Gasteiger partial charge in [-0.05, 0) is 47.8 Å². The van der Waals surface area contributed by atoms with Crippen LogP contribution in [0, 0.1) is 12.7 Å². The van der Waals surface area contributed by atoms with Crippen LogP contribution in [-0.4, -0.2) is 15.6 Å². The normalized spacial score (nSPS) is 15.6. The van der Waals surface area contributed by atoms with Crippen LogP contribution in [0.3, 0.4) is 0 Å². The number of hydrogen-bond acceptors (Lipinski definition) is 2. The van der Waals surface area contributed by atoms with Crippen molar-refractivity contribution in [1.82, 2.24) is 9.55 Å². The first-order valence-corrected chi connectivity index (χ1v) is 8.19. The molecule has 21 heavy (non-hydrogen) atoms. The summed E-state index contributed by atoms with van der Waals surface area (Å²) in [6.45, 7) is 1.93. The van der Waals surface area contributed by atoms with Gasteiger partial charge in [0.25, 0.3) is 0 Å². The molecule has 0 amide bonds. The number of imidazole rings is 1. The second-order valence-corrected chi connectivity index (χ2v) is 6.68. The molecule has 0 aliphatic heterocycles. The third-order valence-corrected chi connectivity index (χ3v) is 4.63. The maximum atomic E-state index is 13.4. The maximum absolute atomic E-state index is 13.4. The zero-order valence-corrected chi connectivity index (χ0v) is 14.0. The lowest BCUT2D eigenvalue weighted by molar-refractivity contribution is 0.626. The summed E-state index contributed by atoms with van der Waals surface area (Å²) >= 11 is 9.61. The molecule has 1 N–H and O–H groups in total. The van der Waals surface area contributed by atoms with Gasteiger partial charge in [0.1, 0.15) is 5.82 Å². The molecule has 3 nitrogen and oxygen atoms in total. The highest BCUT2D eigenvalue weighted by Gasteiger charge is 2.20. The number of benzene rings is 1. The van der Waals surface area contributed by atoms with Crippen LogP contribution in [0.25, 0.3) is 5.69 Å². The van der Waals surface area contributed by atoms with Crippen LogP contribution in [0.5, 0.6) is 0 Å². The molecule has 0 unspecified atom stereocenters. The number of rotatable bonds is 3. The van der Waals surface area contributed by atoms with Gasteiger partial charge in [0.05, 0.1) is 16.4 Å². The highest BCUT2D eigenvalue weighted by atomic mass is 79.9. The van der Waals surface area contributed by atoms with Gasteiger partial charge < -0.3 is 5.32 Å². The zero-order valence-electron chi connectivity index (χ0n) is 11.7. The monoisotopic (exact) mass is 371 g/mol. The summed E-state index contributed by atoms with van der Waals surface area (Å²) in [5.41, 5.74) is 1.60. The second kappa shape index (κ2) is 5.97. The number of halogens is 3. The zero-order chi connectivity index (χ0) is 15.0. The molecule has 6 heteroatoms. The van der Waals surface area contributed by atoms with E-state index < -0.39 is 0 Å². The lowest BCUT2D eigenvalue weighted by atomic mass is 10.2. The average Bonchev–Trinajstić information content (AvgIpc) is 2.99. The van der Waals surface area contributed by atoms with Gasteiger partial charge >= 0.3 is 0 Å². The summed E-state index contributed by atoms with van der Waals surface area (Å²) in [6, 6.07) is 3.18. The first-order chi connectivity index (χ1) is 10.0. The molecular formula is C15H16BrClFN3. The van der Waals surface area contributed by atoms with Crippen molar-refractivity contribution in [3.8, 4) is 5.69 Å². The van der Waals surface area contributed by atoms with Crippen LogP contribution >= 0.6 is 27.5 Å².